The third-order valence-electron chi connectivity index (χ3n) is 2.81. The van der Waals surface area contributed by atoms with Crippen molar-refractivity contribution >= 4 is 50.3 Å². The van der Waals surface area contributed by atoms with Gasteiger partial charge in [0.1, 0.15) is 5.75 Å². The molecule has 2 amide bonds. The summed E-state index contributed by atoms with van der Waals surface area (Å²) in [4.78, 5) is 23.9. The van der Waals surface area contributed by atoms with Crippen molar-refractivity contribution in [1.29, 1.82) is 0 Å². The molecule has 0 unspecified atom stereocenters. The molecule has 0 aliphatic carbocycles. The van der Waals surface area contributed by atoms with Crippen molar-refractivity contribution in [3.63, 3.8) is 0 Å². The number of halogens is 2. The van der Waals surface area contributed by atoms with E-state index in [0.29, 0.717) is 16.9 Å². The third kappa shape index (κ3) is 4.20. The van der Waals surface area contributed by atoms with E-state index in [2.05, 4.69) is 49.4 Å². The van der Waals surface area contributed by atoms with Gasteiger partial charge in [0.25, 0.3) is 11.8 Å². The lowest BCUT2D eigenvalue weighted by atomic mass is 10.2. The second kappa shape index (κ2) is 7.59. The minimum Gasteiger partial charge on any atom is -0.496 e. The predicted molar refractivity (Wildman–Crippen MR) is 94.8 cm³/mol. The van der Waals surface area contributed by atoms with Crippen LogP contribution in [0, 0.1) is 3.57 Å². The van der Waals surface area contributed by atoms with E-state index in [1.165, 1.54) is 0 Å². The Balaban J connectivity index is 1.99. The number of carbonyl (C=O) groups is 2. The molecule has 0 aliphatic heterocycles. The van der Waals surface area contributed by atoms with Crippen molar-refractivity contribution in [2.24, 2.45) is 0 Å². The Morgan fingerprint density at radius 1 is 1.00 bits per heavy atom. The van der Waals surface area contributed by atoms with Crippen LogP contribution in [0.1, 0.15) is 20.7 Å². The maximum Gasteiger partial charge on any atom is 0.269 e. The van der Waals surface area contributed by atoms with Gasteiger partial charge in [-0.15, -0.1) is 0 Å². The Morgan fingerprint density at radius 2 is 1.55 bits per heavy atom. The molecule has 2 rings (SSSR count). The SMILES string of the molecule is COc1ccc(C(=O)NNC(=O)c2ccc(Br)cc2)cc1I. The molecule has 5 nitrogen and oxygen atoms in total. The summed E-state index contributed by atoms with van der Waals surface area (Å²) in [6, 6.07) is 11.8. The van der Waals surface area contributed by atoms with Crippen LogP contribution in [0.5, 0.6) is 5.75 Å². The number of methoxy groups -OCH3 is 1. The second-order valence-electron chi connectivity index (χ2n) is 4.26. The van der Waals surface area contributed by atoms with Crippen molar-refractivity contribution in [3.05, 3.63) is 61.6 Å². The normalized spacial score (nSPS) is 9.95. The van der Waals surface area contributed by atoms with Crippen LogP contribution in [-0.4, -0.2) is 18.9 Å². The molecular formula is C15H12BrIN2O3. The molecule has 0 heterocycles. The quantitative estimate of drug-likeness (QED) is 0.530. The number of rotatable bonds is 3. The fourth-order valence-electron chi connectivity index (χ4n) is 1.67. The van der Waals surface area contributed by atoms with E-state index in [1.807, 2.05) is 0 Å². The highest BCUT2D eigenvalue weighted by Crippen LogP contribution is 2.21. The fraction of sp³-hybridized carbons (Fsp3) is 0.0667. The van der Waals surface area contributed by atoms with Crippen molar-refractivity contribution in [1.82, 2.24) is 10.9 Å². The van der Waals surface area contributed by atoms with Gasteiger partial charge >= 0.3 is 0 Å². The largest absolute Gasteiger partial charge is 0.496 e. The van der Waals surface area contributed by atoms with Crippen LogP contribution in [-0.2, 0) is 0 Å². The molecule has 0 bridgehead atoms. The molecule has 0 fully saturated rings. The topological polar surface area (TPSA) is 67.4 Å². The maximum absolute atomic E-state index is 12.0. The summed E-state index contributed by atoms with van der Waals surface area (Å²) in [5.41, 5.74) is 5.64. The number of carbonyl (C=O) groups excluding carboxylic acids is 2. The minimum atomic E-state index is -0.397. The van der Waals surface area contributed by atoms with Crippen LogP contribution in [0.2, 0.25) is 0 Å². The molecule has 0 radical (unpaired) electrons. The monoisotopic (exact) mass is 474 g/mol. The van der Waals surface area contributed by atoms with Gasteiger partial charge in [-0.3, -0.25) is 20.4 Å². The number of hydrazine groups is 1. The van der Waals surface area contributed by atoms with Gasteiger partial charge in [0.2, 0.25) is 0 Å². The van der Waals surface area contributed by atoms with Gasteiger partial charge in [0.05, 0.1) is 10.7 Å². The number of ether oxygens (including phenoxy) is 1. The van der Waals surface area contributed by atoms with Crippen LogP contribution in [0.4, 0.5) is 0 Å². The molecular weight excluding hydrogens is 463 g/mol. The summed E-state index contributed by atoms with van der Waals surface area (Å²) in [6.45, 7) is 0. The first-order chi connectivity index (χ1) is 10.5. The van der Waals surface area contributed by atoms with Gasteiger partial charge in [0.15, 0.2) is 0 Å². The van der Waals surface area contributed by atoms with Gasteiger partial charge in [-0.1, -0.05) is 15.9 Å². The van der Waals surface area contributed by atoms with Crippen molar-refractivity contribution in [2.75, 3.05) is 7.11 Å². The van der Waals surface area contributed by atoms with E-state index in [0.717, 1.165) is 8.04 Å². The van der Waals surface area contributed by atoms with Crippen LogP contribution >= 0.6 is 38.5 Å². The van der Waals surface area contributed by atoms with E-state index in [4.69, 9.17) is 4.74 Å². The number of hydrogen-bond acceptors (Lipinski definition) is 3. The molecule has 7 heteroatoms. The van der Waals surface area contributed by atoms with Crippen LogP contribution in [0.25, 0.3) is 0 Å². The smallest absolute Gasteiger partial charge is 0.269 e. The number of amides is 2. The molecule has 2 aromatic carbocycles. The Morgan fingerprint density at radius 3 is 2.09 bits per heavy atom. The Bertz CT molecular complexity index is 704. The number of hydrogen-bond donors (Lipinski definition) is 2. The molecule has 0 saturated heterocycles. The summed E-state index contributed by atoms with van der Waals surface area (Å²) in [5.74, 6) is -0.0915. The number of nitrogens with one attached hydrogen (secondary N) is 2. The zero-order valence-corrected chi connectivity index (χ0v) is 15.3. The van der Waals surface area contributed by atoms with Gasteiger partial charge in [-0.05, 0) is 65.1 Å². The van der Waals surface area contributed by atoms with Crippen molar-refractivity contribution in [2.45, 2.75) is 0 Å². The first kappa shape index (κ1) is 16.8. The average Bonchev–Trinajstić information content (AvgIpc) is 2.52. The number of benzene rings is 2. The zero-order valence-electron chi connectivity index (χ0n) is 11.5. The fourth-order valence-corrected chi connectivity index (χ4v) is 2.67. The first-order valence-corrected chi connectivity index (χ1v) is 8.08. The lowest BCUT2D eigenvalue weighted by molar-refractivity contribution is 0.0846. The van der Waals surface area contributed by atoms with Crippen LogP contribution < -0.4 is 15.6 Å². The molecule has 114 valence electrons. The Kier molecular flexibility index (Phi) is 5.78. The third-order valence-corrected chi connectivity index (χ3v) is 4.18. The van der Waals surface area contributed by atoms with Gasteiger partial charge in [-0.2, -0.15) is 0 Å². The maximum atomic E-state index is 12.0. The summed E-state index contributed by atoms with van der Waals surface area (Å²) < 4.78 is 6.82. The molecule has 0 atom stereocenters. The molecule has 2 aromatic rings. The van der Waals surface area contributed by atoms with E-state index in [9.17, 15) is 9.59 Å². The highest BCUT2D eigenvalue weighted by molar-refractivity contribution is 14.1. The van der Waals surface area contributed by atoms with E-state index in [1.54, 1.807) is 49.6 Å². The van der Waals surface area contributed by atoms with Gasteiger partial charge in [-0.25, -0.2) is 0 Å². The first-order valence-electron chi connectivity index (χ1n) is 6.21. The van der Waals surface area contributed by atoms with E-state index in [-0.39, 0.29) is 5.91 Å². The minimum absolute atomic E-state index is 0.385. The lowest BCUT2D eigenvalue weighted by Gasteiger charge is -2.09. The highest BCUT2D eigenvalue weighted by Gasteiger charge is 2.11. The molecule has 22 heavy (non-hydrogen) atoms. The molecule has 0 aromatic heterocycles. The molecule has 0 aliphatic rings. The summed E-state index contributed by atoms with van der Waals surface area (Å²) in [7, 11) is 1.57. The Hall–Kier alpha value is -1.61. The second-order valence-corrected chi connectivity index (χ2v) is 6.34. The summed E-state index contributed by atoms with van der Waals surface area (Å²) in [5, 5.41) is 0. The predicted octanol–water partition coefficient (Wildman–Crippen LogP) is 3.14. The van der Waals surface area contributed by atoms with E-state index >= 15 is 0 Å². The van der Waals surface area contributed by atoms with Gasteiger partial charge < -0.3 is 4.74 Å². The lowest BCUT2D eigenvalue weighted by Crippen LogP contribution is -2.41. The summed E-state index contributed by atoms with van der Waals surface area (Å²) in [6.07, 6.45) is 0. The standard InChI is InChI=1S/C15H12BrIN2O3/c1-22-13-7-4-10(8-12(13)17)15(21)19-18-14(20)9-2-5-11(16)6-3-9/h2-8H,1H3,(H,18,20)(H,19,21). The van der Waals surface area contributed by atoms with E-state index < -0.39 is 5.91 Å². The Labute approximate surface area is 149 Å². The van der Waals surface area contributed by atoms with Crippen molar-refractivity contribution < 1.29 is 14.3 Å². The summed E-state index contributed by atoms with van der Waals surface area (Å²) >= 11 is 5.37. The van der Waals surface area contributed by atoms with Crippen LogP contribution in [0.3, 0.4) is 0 Å². The van der Waals surface area contributed by atoms with Crippen molar-refractivity contribution in [3.8, 4) is 5.75 Å². The molecule has 0 saturated carbocycles. The molecule has 2 N–H and O–H groups in total. The van der Waals surface area contributed by atoms with Crippen LogP contribution in [0.15, 0.2) is 46.9 Å². The average molecular weight is 475 g/mol. The van der Waals surface area contributed by atoms with Gasteiger partial charge in [0, 0.05) is 15.6 Å². The molecule has 0 spiro atoms. The highest BCUT2D eigenvalue weighted by atomic mass is 127. The zero-order chi connectivity index (χ0) is 16.1.